The molecule has 11 heavy (non-hydrogen) atoms. The van der Waals surface area contributed by atoms with Crippen molar-refractivity contribution in [1.82, 2.24) is 0 Å². The van der Waals surface area contributed by atoms with Gasteiger partial charge in [0.2, 0.25) is 0 Å². The summed E-state index contributed by atoms with van der Waals surface area (Å²) in [6, 6.07) is 0. The first-order valence-corrected chi connectivity index (χ1v) is 3.57. The Balaban J connectivity index is 4.66. The van der Waals surface area contributed by atoms with E-state index in [0.29, 0.717) is 11.4 Å². The van der Waals surface area contributed by atoms with Gasteiger partial charge in [-0.2, -0.15) is 0 Å². The summed E-state index contributed by atoms with van der Waals surface area (Å²) in [7, 11) is 0. The van der Waals surface area contributed by atoms with Crippen LogP contribution in [0.25, 0.3) is 0 Å². The predicted octanol–water partition coefficient (Wildman–Crippen LogP) is 1.31. The Morgan fingerprint density at radius 3 is 2.27 bits per heavy atom. The first kappa shape index (κ1) is 10.0. The molecule has 0 bridgehead atoms. The SMILES string of the molecule is CC=N/C(Cl)=C(N)\C(N)=C/C. The van der Waals surface area contributed by atoms with Gasteiger partial charge in [0, 0.05) is 6.21 Å². The fraction of sp³-hybridized carbons (Fsp3) is 0.286. The molecule has 0 amide bonds. The Morgan fingerprint density at radius 1 is 1.36 bits per heavy atom. The monoisotopic (exact) mass is 173 g/mol. The molecule has 0 heterocycles. The summed E-state index contributed by atoms with van der Waals surface area (Å²) >= 11 is 5.64. The van der Waals surface area contributed by atoms with Crippen molar-refractivity contribution >= 4 is 17.8 Å². The molecular formula is C7H12ClN3. The lowest BCUT2D eigenvalue weighted by molar-refractivity contribution is 1.20. The van der Waals surface area contributed by atoms with Gasteiger partial charge in [-0.1, -0.05) is 17.7 Å². The zero-order valence-corrected chi connectivity index (χ0v) is 7.39. The van der Waals surface area contributed by atoms with Gasteiger partial charge in [-0.05, 0) is 13.8 Å². The average molecular weight is 174 g/mol. The number of allylic oxidation sites excluding steroid dienone is 1. The minimum Gasteiger partial charge on any atom is -0.397 e. The Morgan fingerprint density at radius 2 is 1.91 bits per heavy atom. The van der Waals surface area contributed by atoms with E-state index in [1.54, 1.807) is 26.1 Å². The predicted molar refractivity (Wildman–Crippen MR) is 49.2 cm³/mol. The van der Waals surface area contributed by atoms with E-state index in [9.17, 15) is 0 Å². The minimum absolute atomic E-state index is 0.225. The van der Waals surface area contributed by atoms with Gasteiger partial charge in [0.05, 0.1) is 11.4 Å². The number of halogens is 1. The lowest BCUT2D eigenvalue weighted by Crippen LogP contribution is -2.09. The maximum absolute atomic E-state index is 5.64. The standard InChI is InChI=1S/C7H12ClN3/c1-3-5(9)6(10)7(8)11-4-2/h3-4H,9-10H2,1-2H3/b5-3+,7-6+,11-4?. The van der Waals surface area contributed by atoms with Gasteiger partial charge < -0.3 is 11.5 Å². The number of rotatable bonds is 2. The highest BCUT2D eigenvalue weighted by molar-refractivity contribution is 6.30. The summed E-state index contributed by atoms with van der Waals surface area (Å²) in [6.45, 7) is 3.53. The summed E-state index contributed by atoms with van der Waals surface area (Å²) in [5.41, 5.74) is 11.7. The normalized spacial score (nSPS) is 15.4. The van der Waals surface area contributed by atoms with Crippen LogP contribution in [0, 0.1) is 0 Å². The van der Waals surface area contributed by atoms with E-state index in [2.05, 4.69) is 4.99 Å². The largest absolute Gasteiger partial charge is 0.397 e. The van der Waals surface area contributed by atoms with E-state index in [1.807, 2.05) is 0 Å². The van der Waals surface area contributed by atoms with Crippen LogP contribution in [0.1, 0.15) is 13.8 Å². The van der Waals surface area contributed by atoms with Gasteiger partial charge in [0.1, 0.15) is 0 Å². The molecule has 0 aromatic carbocycles. The van der Waals surface area contributed by atoms with Gasteiger partial charge in [-0.3, -0.25) is 0 Å². The molecule has 0 aromatic rings. The molecule has 0 rings (SSSR count). The molecule has 0 spiro atoms. The second-order valence-electron chi connectivity index (χ2n) is 1.84. The highest BCUT2D eigenvalue weighted by Crippen LogP contribution is 2.09. The third kappa shape index (κ3) is 3.09. The average Bonchev–Trinajstić information content (AvgIpc) is 2.02. The van der Waals surface area contributed by atoms with Crippen LogP contribution in [-0.2, 0) is 0 Å². The molecule has 0 aromatic heterocycles. The van der Waals surface area contributed by atoms with Crippen LogP contribution >= 0.6 is 11.6 Å². The van der Waals surface area contributed by atoms with Crippen molar-refractivity contribution in [3.05, 3.63) is 22.6 Å². The summed E-state index contributed by atoms with van der Waals surface area (Å²) in [5.74, 6) is 0. The lowest BCUT2D eigenvalue weighted by atomic mass is 10.3. The fourth-order valence-electron chi connectivity index (χ4n) is 0.457. The van der Waals surface area contributed by atoms with Crippen molar-refractivity contribution in [3.8, 4) is 0 Å². The Hall–Kier alpha value is -0.960. The van der Waals surface area contributed by atoms with E-state index < -0.39 is 0 Å². The highest BCUT2D eigenvalue weighted by Gasteiger charge is 1.98. The van der Waals surface area contributed by atoms with Gasteiger partial charge in [-0.25, -0.2) is 4.99 Å². The van der Waals surface area contributed by atoms with Gasteiger partial charge in [-0.15, -0.1) is 0 Å². The molecule has 62 valence electrons. The molecule has 0 saturated heterocycles. The molecule has 4 N–H and O–H groups in total. The molecule has 0 unspecified atom stereocenters. The molecule has 0 aliphatic carbocycles. The Kier molecular flexibility index (Phi) is 4.38. The minimum atomic E-state index is 0.225. The van der Waals surface area contributed by atoms with Gasteiger partial charge in [0.15, 0.2) is 5.16 Å². The Labute approximate surface area is 71.4 Å². The van der Waals surface area contributed by atoms with E-state index in [-0.39, 0.29) is 5.16 Å². The smallest absolute Gasteiger partial charge is 0.153 e. The van der Waals surface area contributed by atoms with Crippen molar-refractivity contribution in [1.29, 1.82) is 0 Å². The van der Waals surface area contributed by atoms with Crippen LogP contribution in [0.15, 0.2) is 27.6 Å². The summed E-state index contributed by atoms with van der Waals surface area (Å²) < 4.78 is 0. The van der Waals surface area contributed by atoms with Crippen LogP contribution in [-0.4, -0.2) is 6.21 Å². The van der Waals surface area contributed by atoms with Crippen LogP contribution in [0.5, 0.6) is 0 Å². The van der Waals surface area contributed by atoms with Gasteiger partial charge >= 0.3 is 0 Å². The van der Waals surface area contributed by atoms with E-state index in [1.165, 1.54) is 0 Å². The second kappa shape index (κ2) is 4.79. The van der Waals surface area contributed by atoms with Crippen LogP contribution in [0.2, 0.25) is 0 Å². The molecule has 4 heteroatoms. The first-order chi connectivity index (χ1) is 5.13. The van der Waals surface area contributed by atoms with Crippen molar-refractivity contribution in [3.63, 3.8) is 0 Å². The molecule has 0 fully saturated rings. The molecule has 3 nitrogen and oxygen atoms in total. The zero-order chi connectivity index (χ0) is 8.85. The van der Waals surface area contributed by atoms with Crippen LogP contribution < -0.4 is 11.5 Å². The van der Waals surface area contributed by atoms with Crippen molar-refractivity contribution in [2.24, 2.45) is 16.5 Å². The number of hydrogen-bond donors (Lipinski definition) is 2. The number of hydrogen-bond acceptors (Lipinski definition) is 3. The topological polar surface area (TPSA) is 64.4 Å². The maximum atomic E-state index is 5.64. The fourth-order valence-corrected chi connectivity index (χ4v) is 0.664. The molecule has 0 saturated carbocycles. The quantitative estimate of drug-likeness (QED) is 0.376. The van der Waals surface area contributed by atoms with Gasteiger partial charge in [0.25, 0.3) is 0 Å². The lowest BCUT2D eigenvalue weighted by Gasteiger charge is -2.00. The molecule has 0 aliphatic heterocycles. The molecule has 0 radical (unpaired) electrons. The third-order valence-electron chi connectivity index (χ3n) is 1.09. The van der Waals surface area contributed by atoms with E-state index in [0.717, 1.165) is 0 Å². The highest BCUT2D eigenvalue weighted by atomic mass is 35.5. The van der Waals surface area contributed by atoms with Crippen LogP contribution in [0.4, 0.5) is 0 Å². The van der Waals surface area contributed by atoms with E-state index >= 15 is 0 Å². The second-order valence-corrected chi connectivity index (χ2v) is 2.19. The summed E-state index contributed by atoms with van der Waals surface area (Å²) in [5, 5.41) is 0.225. The Bertz CT molecular complexity index is 216. The van der Waals surface area contributed by atoms with Crippen LogP contribution in [0.3, 0.4) is 0 Å². The van der Waals surface area contributed by atoms with Crippen molar-refractivity contribution in [2.45, 2.75) is 13.8 Å². The number of nitrogens with zero attached hydrogens (tertiary/aromatic N) is 1. The van der Waals surface area contributed by atoms with Crippen molar-refractivity contribution < 1.29 is 0 Å². The van der Waals surface area contributed by atoms with Crippen molar-refractivity contribution in [2.75, 3.05) is 0 Å². The first-order valence-electron chi connectivity index (χ1n) is 3.19. The summed E-state index contributed by atoms with van der Waals surface area (Å²) in [4.78, 5) is 3.77. The maximum Gasteiger partial charge on any atom is 0.153 e. The summed E-state index contributed by atoms with van der Waals surface area (Å²) in [6.07, 6.45) is 3.22. The van der Waals surface area contributed by atoms with E-state index in [4.69, 9.17) is 23.1 Å². The number of aliphatic imine (C=N–C) groups is 1. The third-order valence-corrected chi connectivity index (χ3v) is 1.39. The number of nitrogens with two attached hydrogens (primary N) is 2. The molecular weight excluding hydrogens is 162 g/mol. The zero-order valence-electron chi connectivity index (χ0n) is 6.63. The molecule has 0 aliphatic rings. The molecule has 0 atom stereocenters.